The molecule has 1 saturated heterocycles. The summed E-state index contributed by atoms with van der Waals surface area (Å²) in [6.07, 6.45) is 0. The summed E-state index contributed by atoms with van der Waals surface area (Å²) in [5.74, 6) is -0.222. The lowest BCUT2D eigenvalue weighted by Crippen LogP contribution is -2.48. The van der Waals surface area contributed by atoms with Crippen molar-refractivity contribution in [1.29, 1.82) is 0 Å². The van der Waals surface area contributed by atoms with E-state index < -0.39 is 11.2 Å². The zero-order valence-corrected chi connectivity index (χ0v) is 17.6. The second-order valence-corrected chi connectivity index (χ2v) is 8.40. The van der Waals surface area contributed by atoms with Crippen molar-refractivity contribution in [3.8, 4) is 0 Å². The van der Waals surface area contributed by atoms with Gasteiger partial charge in [0.1, 0.15) is 4.88 Å². The molecule has 1 aliphatic rings. The molecule has 152 valence electrons. The molecule has 1 aromatic carbocycles. The SMILES string of the molecule is CC(C)n1c(=O)[nH]c2c(C(=O)N3CCN(c4cccc(Cl)c4)CC3)snc2c1=O. The van der Waals surface area contributed by atoms with Gasteiger partial charge in [0.25, 0.3) is 11.5 Å². The molecule has 1 aliphatic heterocycles. The third-order valence-corrected chi connectivity index (χ3v) is 6.09. The Labute approximate surface area is 175 Å². The Hall–Kier alpha value is -2.65. The predicted molar refractivity (Wildman–Crippen MR) is 114 cm³/mol. The zero-order chi connectivity index (χ0) is 20.7. The van der Waals surface area contributed by atoms with Gasteiger partial charge in [-0.3, -0.25) is 14.2 Å². The standard InChI is InChI=1S/C19H20ClN5O3S/c1-11(2)25-17(26)15-14(21-19(25)28)16(29-22-15)18(27)24-8-6-23(7-9-24)13-5-3-4-12(20)10-13/h3-5,10-11H,6-9H2,1-2H3,(H,21,28). The van der Waals surface area contributed by atoms with Gasteiger partial charge in [-0.1, -0.05) is 17.7 Å². The number of rotatable bonds is 3. The minimum Gasteiger partial charge on any atom is -0.368 e. The van der Waals surface area contributed by atoms with Gasteiger partial charge in [0.15, 0.2) is 5.52 Å². The van der Waals surface area contributed by atoms with E-state index in [4.69, 9.17) is 11.6 Å². The Kier molecular flexibility index (Phi) is 5.18. The number of hydrogen-bond donors (Lipinski definition) is 1. The summed E-state index contributed by atoms with van der Waals surface area (Å²) >= 11 is 7.02. The number of carbonyl (C=O) groups excluding carboxylic acids is 1. The highest BCUT2D eigenvalue weighted by Gasteiger charge is 2.27. The molecule has 0 unspecified atom stereocenters. The first-order valence-corrected chi connectivity index (χ1v) is 10.5. The van der Waals surface area contributed by atoms with Crippen LogP contribution in [0.1, 0.15) is 29.6 Å². The van der Waals surface area contributed by atoms with E-state index in [1.54, 1.807) is 18.7 Å². The second kappa shape index (κ2) is 7.64. The number of hydrogen-bond acceptors (Lipinski definition) is 6. The molecule has 3 heterocycles. The fourth-order valence-corrected chi connectivity index (χ4v) is 4.51. The maximum absolute atomic E-state index is 13.0. The maximum atomic E-state index is 13.0. The first-order chi connectivity index (χ1) is 13.9. The molecule has 0 aliphatic carbocycles. The van der Waals surface area contributed by atoms with Crippen molar-refractivity contribution in [1.82, 2.24) is 18.8 Å². The highest BCUT2D eigenvalue weighted by molar-refractivity contribution is 7.09. The van der Waals surface area contributed by atoms with Crippen LogP contribution in [0.3, 0.4) is 0 Å². The smallest absolute Gasteiger partial charge is 0.329 e. The molecule has 0 radical (unpaired) electrons. The number of anilines is 1. The highest BCUT2D eigenvalue weighted by Crippen LogP contribution is 2.23. The van der Waals surface area contributed by atoms with Crippen LogP contribution in [0.2, 0.25) is 5.02 Å². The van der Waals surface area contributed by atoms with E-state index in [9.17, 15) is 14.4 Å². The molecule has 1 fully saturated rings. The van der Waals surface area contributed by atoms with Crippen LogP contribution in [0.5, 0.6) is 0 Å². The average Bonchev–Trinajstić information content (AvgIpc) is 3.11. The molecule has 1 amide bonds. The van der Waals surface area contributed by atoms with Gasteiger partial charge >= 0.3 is 5.69 Å². The summed E-state index contributed by atoms with van der Waals surface area (Å²) in [5.41, 5.74) is 0.372. The van der Waals surface area contributed by atoms with Gasteiger partial charge in [0, 0.05) is 42.9 Å². The number of aromatic amines is 1. The van der Waals surface area contributed by atoms with E-state index in [1.165, 1.54) is 0 Å². The lowest BCUT2D eigenvalue weighted by molar-refractivity contribution is 0.0753. The average molecular weight is 434 g/mol. The summed E-state index contributed by atoms with van der Waals surface area (Å²) in [6.45, 7) is 5.88. The summed E-state index contributed by atoms with van der Waals surface area (Å²) in [4.78, 5) is 44.8. The molecule has 3 aromatic rings. The maximum Gasteiger partial charge on any atom is 0.329 e. The van der Waals surface area contributed by atoms with Crippen LogP contribution in [0.25, 0.3) is 11.0 Å². The molecule has 0 bridgehead atoms. The van der Waals surface area contributed by atoms with Crippen molar-refractivity contribution >= 4 is 45.8 Å². The number of piperazine rings is 1. The lowest BCUT2D eigenvalue weighted by Gasteiger charge is -2.36. The number of nitrogens with zero attached hydrogens (tertiary/aromatic N) is 4. The Balaban J connectivity index is 1.57. The van der Waals surface area contributed by atoms with Crippen molar-refractivity contribution in [3.63, 3.8) is 0 Å². The van der Waals surface area contributed by atoms with Crippen LogP contribution in [0.4, 0.5) is 5.69 Å². The van der Waals surface area contributed by atoms with Gasteiger partial charge in [0.2, 0.25) is 0 Å². The van der Waals surface area contributed by atoms with Gasteiger partial charge in [-0.15, -0.1) is 0 Å². The minimum atomic E-state index is -0.530. The summed E-state index contributed by atoms with van der Waals surface area (Å²) < 4.78 is 5.27. The quantitative estimate of drug-likeness (QED) is 0.684. The van der Waals surface area contributed by atoms with Gasteiger partial charge in [-0.2, -0.15) is 4.37 Å². The minimum absolute atomic E-state index is 0.129. The zero-order valence-electron chi connectivity index (χ0n) is 16.0. The number of amides is 1. The highest BCUT2D eigenvalue weighted by atomic mass is 35.5. The Morgan fingerprint density at radius 1 is 1.21 bits per heavy atom. The van der Waals surface area contributed by atoms with Crippen molar-refractivity contribution < 1.29 is 4.79 Å². The number of nitrogens with one attached hydrogen (secondary N) is 1. The molecule has 2 aromatic heterocycles. The lowest BCUT2D eigenvalue weighted by atomic mass is 10.2. The van der Waals surface area contributed by atoms with E-state index in [1.807, 2.05) is 24.3 Å². The normalized spacial score (nSPS) is 14.8. The molecule has 8 nitrogen and oxygen atoms in total. The van der Waals surface area contributed by atoms with Crippen LogP contribution in [-0.2, 0) is 0 Å². The van der Waals surface area contributed by atoms with Crippen LogP contribution >= 0.6 is 23.1 Å². The Morgan fingerprint density at radius 2 is 1.93 bits per heavy atom. The number of H-pyrrole nitrogens is 1. The number of carbonyl (C=O) groups is 1. The first kappa shape index (κ1) is 19.7. The fourth-order valence-electron chi connectivity index (χ4n) is 3.52. The van der Waals surface area contributed by atoms with Crippen LogP contribution < -0.4 is 16.1 Å². The third kappa shape index (κ3) is 3.56. The molecule has 0 saturated carbocycles. The van der Waals surface area contributed by atoms with Gasteiger partial charge < -0.3 is 14.8 Å². The summed E-state index contributed by atoms with van der Waals surface area (Å²) in [6, 6.07) is 7.33. The molecular weight excluding hydrogens is 414 g/mol. The summed E-state index contributed by atoms with van der Waals surface area (Å²) in [5, 5.41) is 0.674. The molecule has 1 N–H and O–H groups in total. The number of aromatic nitrogens is 3. The molecule has 29 heavy (non-hydrogen) atoms. The molecule has 10 heteroatoms. The van der Waals surface area contributed by atoms with Crippen molar-refractivity contribution in [3.05, 3.63) is 55.0 Å². The fraction of sp³-hybridized carbons (Fsp3) is 0.368. The van der Waals surface area contributed by atoms with Crippen LogP contribution in [0, 0.1) is 0 Å². The molecular formula is C19H20ClN5O3S. The van der Waals surface area contributed by atoms with E-state index in [2.05, 4.69) is 14.3 Å². The van der Waals surface area contributed by atoms with Gasteiger partial charge in [0.05, 0.1) is 5.52 Å². The second-order valence-electron chi connectivity index (χ2n) is 7.19. The number of fused-ring (bicyclic) bond motifs is 1. The molecule has 0 spiro atoms. The van der Waals surface area contributed by atoms with E-state index >= 15 is 0 Å². The van der Waals surface area contributed by atoms with Crippen molar-refractivity contribution in [2.75, 3.05) is 31.1 Å². The van der Waals surface area contributed by atoms with E-state index in [-0.39, 0.29) is 23.0 Å². The van der Waals surface area contributed by atoms with Crippen LogP contribution in [-0.4, -0.2) is 50.9 Å². The van der Waals surface area contributed by atoms with E-state index in [0.29, 0.717) is 36.1 Å². The Morgan fingerprint density at radius 3 is 2.59 bits per heavy atom. The topological polar surface area (TPSA) is 91.3 Å². The van der Waals surface area contributed by atoms with E-state index in [0.717, 1.165) is 21.8 Å². The number of benzene rings is 1. The summed E-state index contributed by atoms with van der Waals surface area (Å²) in [7, 11) is 0. The van der Waals surface area contributed by atoms with Gasteiger partial charge in [-0.05, 0) is 43.6 Å². The predicted octanol–water partition coefficient (Wildman–Crippen LogP) is 2.34. The molecule has 0 atom stereocenters. The first-order valence-electron chi connectivity index (χ1n) is 9.31. The van der Waals surface area contributed by atoms with Gasteiger partial charge in [-0.25, -0.2) is 4.79 Å². The molecule has 4 rings (SSSR count). The van der Waals surface area contributed by atoms with Crippen molar-refractivity contribution in [2.45, 2.75) is 19.9 Å². The monoisotopic (exact) mass is 433 g/mol. The number of halogens is 1. The third-order valence-electron chi connectivity index (χ3n) is 5.02. The van der Waals surface area contributed by atoms with Crippen LogP contribution in [0.15, 0.2) is 33.9 Å². The Bertz CT molecular complexity index is 1190. The largest absolute Gasteiger partial charge is 0.368 e. The van der Waals surface area contributed by atoms with Crippen molar-refractivity contribution in [2.24, 2.45) is 0 Å².